The van der Waals surface area contributed by atoms with Gasteiger partial charge in [-0.2, -0.15) is 0 Å². The predicted molar refractivity (Wildman–Crippen MR) is 97.6 cm³/mol. The van der Waals surface area contributed by atoms with Crippen LogP contribution in [0.2, 0.25) is 0 Å². The number of hydrogen-bond donors (Lipinski definition) is 0. The standard InChI is InChI=1S/C19H18N2OS/c1-13(2)12-23-19-20-17-7-5-4-6-16(17)18(22)21(19)15-10-8-14(3)9-11-15/h4-11H,1,12H2,2-3H3. The molecule has 23 heavy (non-hydrogen) atoms. The summed E-state index contributed by atoms with van der Waals surface area (Å²) >= 11 is 1.54. The highest BCUT2D eigenvalue weighted by atomic mass is 32.2. The summed E-state index contributed by atoms with van der Waals surface area (Å²) in [5, 5.41) is 1.33. The van der Waals surface area contributed by atoms with Gasteiger partial charge in [0, 0.05) is 5.75 Å². The van der Waals surface area contributed by atoms with Crippen LogP contribution in [0.15, 0.2) is 70.6 Å². The Labute approximate surface area is 139 Å². The zero-order valence-electron chi connectivity index (χ0n) is 13.2. The lowest BCUT2D eigenvalue weighted by atomic mass is 10.2. The van der Waals surface area contributed by atoms with Crippen molar-refractivity contribution in [1.29, 1.82) is 0 Å². The van der Waals surface area contributed by atoms with Gasteiger partial charge >= 0.3 is 0 Å². The van der Waals surface area contributed by atoms with E-state index in [9.17, 15) is 4.79 Å². The molecular formula is C19H18N2OS. The molecule has 3 aromatic rings. The molecule has 0 saturated heterocycles. The molecule has 0 spiro atoms. The summed E-state index contributed by atoms with van der Waals surface area (Å²) in [6.45, 7) is 7.94. The second kappa shape index (κ2) is 6.42. The fraction of sp³-hybridized carbons (Fsp3) is 0.158. The Morgan fingerprint density at radius 1 is 1.17 bits per heavy atom. The van der Waals surface area contributed by atoms with E-state index in [4.69, 9.17) is 4.98 Å². The number of hydrogen-bond acceptors (Lipinski definition) is 3. The minimum absolute atomic E-state index is 0.0383. The van der Waals surface area contributed by atoms with E-state index in [-0.39, 0.29) is 5.56 Å². The third-order valence-corrected chi connectivity index (χ3v) is 4.65. The minimum Gasteiger partial charge on any atom is -0.268 e. The predicted octanol–water partition coefficient (Wildman–Crippen LogP) is 4.36. The van der Waals surface area contributed by atoms with Crippen molar-refractivity contribution in [2.45, 2.75) is 19.0 Å². The lowest BCUT2D eigenvalue weighted by molar-refractivity contribution is 0.820. The molecule has 0 N–H and O–H groups in total. The molecule has 0 aliphatic heterocycles. The van der Waals surface area contributed by atoms with Gasteiger partial charge in [0.2, 0.25) is 0 Å². The molecule has 0 bridgehead atoms. The fourth-order valence-electron chi connectivity index (χ4n) is 2.32. The molecule has 0 aliphatic rings. The zero-order chi connectivity index (χ0) is 16.4. The Morgan fingerprint density at radius 2 is 1.87 bits per heavy atom. The molecule has 0 unspecified atom stereocenters. The van der Waals surface area contributed by atoms with Gasteiger partial charge in [-0.3, -0.25) is 9.36 Å². The largest absolute Gasteiger partial charge is 0.268 e. The lowest BCUT2D eigenvalue weighted by Crippen LogP contribution is -2.21. The molecule has 1 aromatic heterocycles. The van der Waals surface area contributed by atoms with Crippen LogP contribution in [0.25, 0.3) is 16.6 Å². The normalized spacial score (nSPS) is 10.9. The van der Waals surface area contributed by atoms with Gasteiger partial charge in [0.15, 0.2) is 5.16 Å². The number of aromatic nitrogens is 2. The van der Waals surface area contributed by atoms with Gasteiger partial charge in [0.25, 0.3) is 5.56 Å². The molecule has 0 radical (unpaired) electrons. The van der Waals surface area contributed by atoms with Crippen LogP contribution in [0.5, 0.6) is 0 Å². The first-order chi connectivity index (χ1) is 11.1. The highest BCUT2D eigenvalue weighted by Gasteiger charge is 2.13. The van der Waals surface area contributed by atoms with E-state index in [1.165, 1.54) is 11.8 Å². The summed E-state index contributed by atoms with van der Waals surface area (Å²) in [7, 11) is 0. The Kier molecular flexibility index (Phi) is 4.35. The summed E-state index contributed by atoms with van der Waals surface area (Å²) in [5.41, 5.74) is 3.73. The van der Waals surface area contributed by atoms with Gasteiger partial charge in [-0.05, 0) is 38.1 Å². The van der Waals surface area contributed by atoms with E-state index >= 15 is 0 Å². The molecule has 0 fully saturated rings. The summed E-state index contributed by atoms with van der Waals surface area (Å²) in [6.07, 6.45) is 0. The summed E-state index contributed by atoms with van der Waals surface area (Å²) in [5.74, 6) is 0.733. The van der Waals surface area contributed by atoms with E-state index < -0.39 is 0 Å². The van der Waals surface area contributed by atoms with Crippen LogP contribution >= 0.6 is 11.8 Å². The third kappa shape index (κ3) is 3.22. The first kappa shape index (κ1) is 15.6. The van der Waals surface area contributed by atoms with E-state index in [1.54, 1.807) is 4.57 Å². The van der Waals surface area contributed by atoms with Crippen LogP contribution < -0.4 is 5.56 Å². The van der Waals surface area contributed by atoms with Crippen molar-refractivity contribution in [2.24, 2.45) is 0 Å². The Bertz CT molecular complexity index is 926. The molecule has 3 rings (SSSR count). The topological polar surface area (TPSA) is 34.9 Å². The van der Waals surface area contributed by atoms with Crippen LogP contribution in [0.4, 0.5) is 0 Å². The van der Waals surface area contributed by atoms with Crippen molar-refractivity contribution in [3.63, 3.8) is 0 Å². The Balaban J connectivity index is 2.25. The van der Waals surface area contributed by atoms with Crippen LogP contribution in [0, 0.1) is 6.92 Å². The minimum atomic E-state index is -0.0383. The van der Waals surface area contributed by atoms with Gasteiger partial charge in [-0.25, -0.2) is 4.98 Å². The quantitative estimate of drug-likeness (QED) is 0.406. The van der Waals surface area contributed by atoms with Crippen molar-refractivity contribution in [3.05, 3.63) is 76.6 Å². The van der Waals surface area contributed by atoms with Crippen molar-refractivity contribution < 1.29 is 0 Å². The van der Waals surface area contributed by atoms with Crippen LogP contribution in [-0.4, -0.2) is 15.3 Å². The van der Waals surface area contributed by atoms with Crippen molar-refractivity contribution >= 4 is 22.7 Å². The zero-order valence-corrected chi connectivity index (χ0v) is 14.1. The van der Waals surface area contributed by atoms with Crippen LogP contribution in [-0.2, 0) is 0 Å². The van der Waals surface area contributed by atoms with Crippen molar-refractivity contribution in [3.8, 4) is 5.69 Å². The smallest absolute Gasteiger partial charge is 0.266 e. The first-order valence-corrected chi connectivity index (χ1v) is 8.41. The number of benzene rings is 2. The maximum Gasteiger partial charge on any atom is 0.266 e. The molecular weight excluding hydrogens is 304 g/mol. The fourth-order valence-corrected chi connectivity index (χ4v) is 3.17. The van der Waals surface area contributed by atoms with Gasteiger partial charge < -0.3 is 0 Å². The SMILES string of the molecule is C=C(C)CSc1nc2ccccc2c(=O)n1-c1ccc(C)cc1. The highest BCUT2D eigenvalue weighted by molar-refractivity contribution is 7.99. The molecule has 0 aliphatic carbocycles. The molecule has 0 amide bonds. The molecule has 116 valence electrons. The summed E-state index contributed by atoms with van der Waals surface area (Å²) in [6, 6.07) is 15.4. The second-order valence-corrected chi connectivity index (χ2v) is 6.58. The number of thioether (sulfide) groups is 1. The molecule has 1 heterocycles. The summed E-state index contributed by atoms with van der Waals surface area (Å²) < 4.78 is 1.69. The molecule has 4 heteroatoms. The number of rotatable bonds is 4. The Morgan fingerprint density at radius 3 is 2.57 bits per heavy atom. The van der Waals surface area contributed by atoms with Gasteiger partial charge in [0.1, 0.15) is 0 Å². The second-order valence-electron chi connectivity index (χ2n) is 5.63. The van der Waals surface area contributed by atoms with E-state index in [1.807, 2.05) is 62.4 Å². The first-order valence-electron chi connectivity index (χ1n) is 7.42. The molecule has 0 atom stereocenters. The monoisotopic (exact) mass is 322 g/mol. The maximum absolute atomic E-state index is 13.0. The molecule has 3 nitrogen and oxygen atoms in total. The summed E-state index contributed by atoms with van der Waals surface area (Å²) in [4.78, 5) is 17.7. The average Bonchev–Trinajstić information content (AvgIpc) is 2.54. The van der Waals surface area contributed by atoms with Crippen molar-refractivity contribution in [1.82, 2.24) is 9.55 Å². The molecule has 2 aromatic carbocycles. The molecule has 0 saturated carbocycles. The van der Waals surface area contributed by atoms with Crippen molar-refractivity contribution in [2.75, 3.05) is 5.75 Å². The highest BCUT2D eigenvalue weighted by Crippen LogP contribution is 2.22. The lowest BCUT2D eigenvalue weighted by Gasteiger charge is -2.13. The van der Waals surface area contributed by atoms with Gasteiger partial charge in [-0.1, -0.05) is 53.7 Å². The third-order valence-electron chi connectivity index (χ3n) is 3.48. The number of nitrogens with zero attached hydrogens (tertiary/aromatic N) is 2. The van der Waals surface area contributed by atoms with E-state index in [0.29, 0.717) is 10.5 Å². The van der Waals surface area contributed by atoms with E-state index in [2.05, 4.69) is 6.58 Å². The number of aryl methyl sites for hydroxylation is 1. The number of para-hydroxylation sites is 1. The van der Waals surface area contributed by atoms with Crippen LogP contribution in [0.1, 0.15) is 12.5 Å². The maximum atomic E-state index is 13.0. The van der Waals surface area contributed by atoms with E-state index in [0.717, 1.165) is 28.1 Å². The van der Waals surface area contributed by atoms with Gasteiger partial charge in [-0.15, -0.1) is 0 Å². The van der Waals surface area contributed by atoms with Gasteiger partial charge in [0.05, 0.1) is 16.6 Å². The average molecular weight is 322 g/mol. The Hall–Kier alpha value is -2.33. The van der Waals surface area contributed by atoms with Crippen LogP contribution in [0.3, 0.4) is 0 Å². The number of fused-ring (bicyclic) bond motifs is 1.